The molecule has 166 valence electrons. The van der Waals surface area contributed by atoms with E-state index in [2.05, 4.69) is 0 Å². The molecule has 1 aliphatic rings. The van der Waals surface area contributed by atoms with Crippen LogP contribution in [0.4, 0.5) is 5.69 Å². The second kappa shape index (κ2) is 9.80. The molecule has 1 saturated heterocycles. The Morgan fingerprint density at radius 2 is 1.71 bits per heavy atom. The molecule has 0 saturated carbocycles. The minimum Gasteiger partial charge on any atom is -0.449 e. The second-order valence-corrected chi connectivity index (χ2v) is 9.70. The number of carbonyl (C=O) groups excluding carboxylic acids is 2. The fourth-order valence-corrected chi connectivity index (χ4v) is 5.42. The quantitative estimate of drug-likeness (QED) is 0.608. The first-order chi connectivity index (χ1) is 14.7. The summed E-state index contributed by atoms with van der Waals surface area (Å²) in [4.78, 5) is 26.5. The Labute approximate surface area is 187 Å². The molecule has 31 heavy (non-hydrogen) atoms. The number of anilines is 1. The monoisotopic (exact) mass is 464 g/mol. The highest BCUT2D eigenvalue weighted by Crippen LogP contribution is 2.28. The van der Waals surface area contributed by atoms with Crippen LogP contribution in [-0.4, -0.2) is 50.8 Å². The topological polar surface area (TPSA) is 84.0 Å². The molecule has 0 N–H and O–H groups in total. The summed E-state index contributed by atoms with van der Waals surface area (Å²) in [5.74, 6) is -1.20. The molecule has 1 fully saturated rings. The Bertz CT molecular complexity index is 1050. The van der Waals surface area contributed by atoms with E-state index < -0.39 is 28.0 Å². The normalized spacial score (nSPS) is 15.8. The van der Waals surface area contributed by atoms with Crippen molar-refractivity contribution in [3.05, 3.63) is 59.1 Å². The molecular weight excluding hydrogens is 440 g/mol. The molecule has 0 aromatic heterocycles. The van der Waals surface area contributed by atoms with E-state index >= 15 is 0 Å². The number of halogens is 1. The maximum atomic E-state index is 13.0. The number of amides is 1. The Hall–Kier alpha value is -2.42. The zero-order valence-electron chi connectivity index (χ0n) is 17.5. The van der Waals surface area contributed by atoms with E-state index in [1.807, 2.05) is 6.07 Å². The molecule has 1 heterocycles. The molecule has 1 atom stereocenters. The van der Waals surface area contributed by atoms with E-state index in [0.29, 0.717) is 18.8 Å². The minimum atomic E-state index is -3.82. The van der Waals surface area contributed by atoms with Crippen molar-refractivity contribution >= 4 is 39.2 Å². The molecule has 7 nitrogen and oxygen atoms in total. The third kappa shape index (κ3) is 5.26. The summed E-state index contributed by atoms with van der Waals surface area (Å²) in [6.45, 7) is 2.32. The van der Waals surface area contributed by atoms with Gasteiger partial charge in [0.2, 0.25) is 10.0 Å². The van der Waals surface area contributed by atoms with Crippen LogP contribution in [0.2, 0.25) is 5.02 Å². The number of sulfonamides is 1. The number of nitrogens with zero attached hydrogens (tertiary/aromatic N) is 2. The molecule has 0 aliphatic carbocycles. The first kappa shape index (κ1) is 23.2. The number of hydrogen-bond acceptors (Lipinski definition) is 5. The van der Waals surface area contributed by atoms with Gasteiger partial charge in [0.05, 0.1) is 10.6 Å². The van der Waals surface area contributed by atoms with Crippen LogP contribution in [-0.2, 0) is 19.6 Å². The highest BCUT2D eigenvalue weighted by atomic mass is 35.5. The lowest BCUT2D eigenvalue weighted by Gasteiger charge is -2.26. The number of ether oxygens (including phenoxy) is 1. The van der Waals surface area contributed by atoms with Gasteiger partial charge in [-0.1, -0.05) is 36.2 Å². The summed E-state index contributed by atoms with van der Waals surface area (Å²) in [5.41, 5.74) is 0.679. The molecule has 0 radical (unpaired) electrons. The van der Waals surface area contributed by atoms with Crippen molar-refractivity contribution in [2.45, 2.75) is 37.2 Å². The van der Waals surface area contributed by atoms with Crippen molar-refractivity contribution in [3.8, 4) is 0 Å². The van der Waals surface area contributed by atoms with Crippen LogP contribution in [0.15, 0.2) is 53.4 Å². The van der Waals surface area contributed by atoms with E-state index in [0.717, 1.165) is 19.3 Å². The minimum absolute atomic E-state index is 0.0157. The Morgan fingerprint density at radius 1 is 1.06 bits per heavy atom. The molecule has 0 unspecified atom stereocenters. The van der Waals surface area contributed by atoms with Gasteiger partial charge in [0.15, 0.2) is 6.10 Å². The van der Waals surface area contributed by atoms with Crippen LogP contribution in [0.1, 0.15) is 36.5 Å². The summed E-state index contributed by atoms with van der Waals surface area (Å²) in [7, 11) is -2.23. The Morgan fingerprint density at radius 3 is 2.35 bits per heavy atom. The highest BCUT2D eigenvalue weighted by molar-refractivity contribution is 7.89. The lowest BCUT2D eigenvalue weighted by Crippen LogP contribution is -2.37. The number of rotatable bonds is 6. The third-order valence-corrected chi connectivity index (χ3v) is 7.59. The zero-order chi connectivity index (χ0) is 22.6. The van der Waals surface area contributed by atoms with Crippen molar-refractivity contribution < 1.29 is 22.7 Å². The average Bonchev–Trinajstić information content (AvgIpc) is 2.79. The maximum Gasteiger partial charge on any atom is 0.338 e. The van der Waals surface area contributed by atoms with E-state index in [1.54, 1.807) is 31.3 Å². The first-order valence-electron chi connectivity index (χ1n) is 10.0. The largest absolute Gasteiger partial charge is 0.449 e. The van der Waals surface area contributed by atoms with Crippen LogP contribution in [0.3, 0.4) is 0 Å². The molecule has 3 rings (SSSR count). The number of para-hydroxylation sites is 1. The zero-order valence-corrected chi connectivity index (χ0v) is 19.0. The SMILES string of the molecule is C[C@@H](OC(=O)c1ccc(Cl)c(S(=O)(=O)N2CCCCC2)c1)C(=O)N(C)c1ccccc1. The average molecular weight is 465 g/mol. The maximum absolute atomic E-state index is 13.0. The molecule has 9 heteroatoms. The fraction of sp³-hybridized carbons (Fsp3) is 0.364. The fourth-order valence-electron chi connectivity index (χ4n) is 3.40. The standard InChI is InChI=1S/C22H25ClN2O5S/c1-16(21(26)24(2)18-9-5-3-6-10-18)30-22(27)17-11-12-19(23)20(15-17)31(28,29)25-13-7-4-8-14-25/h3,5-6,9-12,15-16H,4,7-8,13-14H2,1-2H3/t16-/m1/s1. The van der Waals surface area contributed by atoms with Crippen LogP contribution in [0.25, 0.3) is 0 Å². The van der Waals surface area contributed by atoms with Gasteiger partial charge in [-0.25, -0.2) is 13.2 Å². The number of benzene rings is 2. The van der Waals surface area contributed by atoms with Gasteiger partial charge < -0.3 is 9.64 Å². The van der Waals surface area contributed by atoms with Crippen LogP contribution >= 0.6 is 11.6 Å². The van der Waals surface area contributed by atoms with E-state index in [9.17, 15) is 18.0 Å². The summed E-state index contributed by atoms with van der Waals surface area (Å²) in [6, 6.07) is 12.9. The van der Waals surface area contributed by atoms with Gasteiger partial charge >= 0.3 is 5.97 Å². The number of likely N-dealkylation sites (N-methyl/N-ethyl adjacent to an activating group) is 1. The molecule has 0 spiro atoms. The van der Waals surface area contributed by atoms with Gasteiger partial charge in [0.25, 0.3) is 5.91 Å². The smallest absolute Gasteiger partial charge is 0.338 e. The Kier molecular flexibility index (Phi) is 7.35. The van der Waals surface area contributed by atoms with Crippen LogP contribution in [0, 0.1) is 0 Å². The summed E-state index contributed by atoms with van der Waals surface area (Å²) >= 11 is 6.15. The summed E-state index contributed by atoms with van der Waals surface area (Å²) in [6.07, 6.45) is 1.49. The molecule has 0 bridgehead atoms. The third-order valence-electron chi connectivity index (χ3n) is 5.21. The van der Waals surface area contributed by atoms with Gasteiger partial charge in [0.1, 0.15) is 4.90 Å². The van der Waals surface area contributed by atoms with Crippen molar-refractivity contribution in [1.82, 2.24) is 4.31 Å². The molecule has 1 amide bonds. The Balaban J connectivity index is 1.76. The van der Waals surface area contributed by atoms with Crippen LogP contribution in [0.5, 0.6) is 0 Å². The van der Waals surface area contributed by atoms with Gasteiger partial charge in [-0.05, 0) is 50.1 Å². The van der Waals surface area contributed by atoms with Crippen LogP contribution < -0.4 is 4.90 Å². The van der Waals surface area contributed by atoms with Gasteiger partial charge in [-0.3, -0.25) is 4.79 Å². The summed E-state index contributed by atoms with van der Waals surface area (Å²) in [5, 5.41) is 0.0371. The molecular formula is C22H25ClN2O5S. The summed E-state index contributed by atoms with van der Waals surface area (Å²) < 4.78 is 32.7. The van der Waals surface area contributed by atoms with Gasteiger partial charge in [-0.15, -0.1) is 0 Å². The van der Waals surface area contributed by atoms with Gasteiger partial charge in [-0.2, -0.15) is 4.31 Å². The van der Waals surface area contributed by atoms with E-state index in [4.69, 9.17) is 16.3 Å². The van der Waals surface area contributed by atoms with Crippen molar-refractivity contribution in [2.24, 2.45) is 0 Å². The van der Waals surface area contributed by atoms with E-state index in [1.165, 1.54) is 34.3 Å². The lowest BCUT2D eigenvalue weighted by atomic mass is 10.2. The predicted octanol–water partition coefficient (Wildman–Crippen LogP) is 3.72. The van der Waals surface area contributed by atoms with Crippen molar-refractivity contribution in [2.75, 3.05) is 25.0 Å². The van der Waals surface area contributed by atoms with Crippen molar-refractivity contribution in [1.29, 1.82) is 0 Å². The number of hydrogen-bond donors (Lipinski definition) is 0. The van der Waals surface area contributed by atoms with Gasteiger partial charge in [0, 0.05) is 25.8 Å². The van der Waals surface area contributed by atoms with Crippen molar-refractivity contribution in [3.63, 3.8) is 0 Å². The highest BCUT2D eigenvalue weighted by Gasteiger charge is 2.30. The number of piperidine rings is 1. The molecule has 2 aromatic carbocycles. The predicted molar refractivity (Wildman–Crippen MR) is 119 cm³/mol. The molecule has 1 aliphatic heterocycles. The molecule has 2 aromatic rings. The van der Waals surface area contributed by atoms with E-state index in [-0.39, 0.29) is 15.5 Å². The number of esters is 1. The first-order valence-corrected chi connectivity index (χ1v) is 11.9. The lowest BCUT2D eigenvalue weighted by molar-refractivity contribution is -0.126. The second-order valence-electron chi connectivity index (χ2n) is 7.39. The number of carbonyl (C=O) groups is 2.